The first-order valence-corrected chi connectivity index (χ1v) is 9.52. The van der Waals surface area contributed by atoms with Gasteiger partial charge in [0.2, 0.25) is 5.91 Å². The van der Waals surface area contributed by atoms with E-state index in [0.717, 1.165) is 38.3 Å². The Hall–Kier alpha value is -2.60. The van der Waals surface area contributed by atoms with Gasteiger partial charge in [-0.25, -0.2) is 0 Å². The van der Waals surface area contributed by atoms with Gasteiger partial charge in [0.15, 0.2) is 0 Å². The normalized spacial score (nSPS) is 14.8. The van der Waals surface area contributed by atoms with E-state index in [1.54, 1.807) is 17.3 Å². The molecule has 1 amide bonds. The number of nitrogens with one attached hydrogen (secondary N) is 1. The van der Waals surface area contributed by atoms with E-state index in [2.05, 4.69) is 51.4 Å². The number of nitrogens with zero attached hydrogens (tertiary/aromatic N) is 4. The van der Waals surface area contributed by atoms with Crippen molar-refractivity contribution in [2.45, 2.75) is 6.42 Å². The van der Waals surface area contributed by atoms with Gasteiger partial charge in [0, 0.05) is 63.5 Å². The number of benzene rings is 1. The molecule has 0 bridgehead atoms. The molecule has 0 radical (unpaired) electrons. The van der Waals surface area contributed by atoms with Crippen LogP contribution in [0.5, 0.6) is 0 Å². The summed E-state index contributed by atoms with van der Waals surface area (Å²) in [6, 6.07) is 12.3. The maximum Gasteiger partial charge on any atom is 0.241 e. The van der Waals surface area contributed by atoms with Gasteiger partial charge in [-0.1, -0.05) is 0 Å². The first kappa shape index (κ1) is 19.2. The van der Waals surface area contributed by atoms with Gasteiger partial charge < -0.3 is 20.0 Å². The van der Waals surface area contributed by atoms with E-state index in [1.807, 2.05) is 19.2 Å². The Labute approximate surface area is 161 Å². The van der Waals surface area contributed by atoms with Gasteiger partial charge in [-0.05, 0) is 55.4 Å². The minimum absolute atomic E-state index is 0.0900. The molecule has 6 heteroatoms. The Morgan fingerprint density at radius 3 is 2.41 bits per heavy atom. The molecular formula is C21H29N5O. The molecule has 144 valence electrons. The van der Waals surface area contributed by atoms with E-state index < -0.39 is 0 Å². The summed E-state index contributed by atoms with van der Waals surface area (Å²) in [6.07, 6.45) is 4.40. The number of hydrogen-bond acceptors (Lipinski definition) is 5. The number of anilines is 2. The lowest BCUT2D eigenvalue weighted by molar-refractivity contribution is -0.127. The molecule has 6 nitrogen and oxygen atoms in total. The Bertz CT molecular complexity index is 711. The van der Waals surface area contributed by atoms with E-state index in [4.69, 9.17) is 0 Å². The summed E-state index contributed by atoms with van der Waals surface area (Å²) in [7, 11) is 4.01. The summed E-state index contributed by atoms with van der Waals surface area (Å²) in [6.45, 7) is 5.32. The van der Waals surface area contributed by atoms with Gasteiger partial charge in [0.1, 0.15) is 0 Å². The van der Waals surface area contributed by atoms with Crippen molar-refractivity contribution < 1.29 is 4.79 Å². The van der Waals surface area contributed by atoms with Crippen molar-refractivity contribution in [1.82, 2.24) is 14.8 Å². The van der Waals surface area contributed by atoms with Crippen LogP contribution in [0.15, 0.2) is 48.8 Å². The summed E-state index contributed by atoms with van der Waals surface area (Å²) in [5.41, 5.74) is 3.41. The fraction of sp³-hybridized carbons (Fsp3) is 0.429. The highest BCUT2D eigenvalue weighted by atomic mass is 16.2. The number of amides is 1. The number of likely N-dealkylation sites (N-methyl/N-ethyl adjacent to an activating group) is 2. The zero-order chi connectivity index (χ0) is 19.1. The molecule has 0 spiro atoms. The largest absolute Gasteiger partial charge is 0.376 e. The SMILES string of the molecule is CN1CCN(c2ccc(NCC(=O)N(C)CCc3ccncc3)cc2)CC1. The molecule has 27 heavy (non-hydrogen) atoms. The molecule has 0 unspecified atom stereocenters. The second-order valence-corrected chi connectivity index (χ2v) is 7.11. The number of hydrogen-bond donors (Lipinski definition) is 1. The molecule has 0 atom stereocenters. The molecule has 1 aromatic carbocycles. The average Bonchev–Trinajstić information content (AvgIpc) is 2.72. The van der Waals surface area contributed by atoms with Gasteiger partial charge in [0.05, 0.1) is 6.54 Å². The predicted molar refractivity (Wildman–Crippen MR) is 110 cm³/mol. The first-order chi connectivity index (χ1) is 13.1. The van der Waals surface area contributed by atoms with E-state index in [9.17, 15) is 4.79 Å². The number of carbonyl (C=O) groups is 1. The third-order valence-corrected chi connectivity index (χ3v) is 5.09. The molecule has 3 rings (SSSR count). The maximum absolute atomic E-state index is 12.3. The van der Waals surface area contributed by atoms with Crippen LogP contribution >= 0.6 is 0 Å². The maximum atomic E-state index is 12.3. The van der Waals surface area contributed by atoms with E-state index in [-0.39, 0.29) is 5.91 Å². The van der Waals surface area contributed by atoms with E-state index in [1.165, 1.54) is 11.3 Å². The Kier molecular flexibility index (Phi) is 6.65. The quantitative estimate of drug-likeness (QED) is 0.811. The van der Waals surface area contributed by atoms with E-state index >= 15 is 0 Å². The number of pyridine rings is 1. The highest BCUT2D eigenvalue weighted by molar-refractivity contribution is 5.80. The monoisotopic (exact) mass is 367 g/mol. The molecule has 1 saturated heterocycles. The van der Waals surface area contributed by atoms with Crippen molar-refractivity contribution in [3.8, 4) is 0 Å². The minimum atomic E-state index is 0.0900. The second-order valence-electron chi connectivity index (χ2n) is 7.11. The molecule has 1 aromatic heterocycles. The molecule has 1 aliphatic rings. The van der Waals surface area contributed by atoms with Crippen LogP contribution in [0.3, 0.4) is 0 Å². The fourth-order valence-corrected chi connectivity index (χ4v) is 3.14. The van der Waals surface area contributed by atoms with Crippen LogP contribution in [0.2, 0.25) is 0 Å². The third kappa shape index (κ3) is 5.69. The predicted octanol–water partition coefficient (Wildman–Crippen LogP) is 1.95. The van der Waals surface area contributed by atoms with Crippen LogP contribution in [0.4, 0.5) is 11.4 Å². The van der Waals surface area contributed by atoms with Gasteiger partial charge in [-0.2, -0.15) is 0 Å². The Morgan fingerprint density at radius 2 is 1.74 bits per heavy atom. The summed E-state index contributed by atoms with van der Waals surface area (Å²) < 4.78 is 0. The van der Waals surface area contributed by atoms with Crippen LogP contribution in [0, 0.1) is 0 Å². The van der Waals surface area contributed by atoms with Crippen LogP contribution in [-0.2, 0) is 11.2 Å². The summed E-state index contributed by atoms with van der Waals surface area (Å²) in [5.74, 6) is 0.0900. The Morgan fingerprint density at radius 1 is 1.07 bits per heavy atom. The van der Waals surface area contributed by atoms with Gasteiger partial charge in [0.25, 0.3) is 0 Å². The second kappa shape index (κ2) is 9.37. The number of piperazine rings is 1. The Balaban J connectivity index is 1.43. The van der Waals surface area contributed by atoms with Crippen molar-refractivity contribution in [3.05, 3.63) is 54.4 Å². The van der Waals surface area contributed by atoms with Crippen LogP contribution in [0.1, 0.15) is 5.56 Å². The van der Waals surface area contributed by atoms with Crippen LogP contribution in [0.25, 0.3) is 0 Å². The number of aromatic nitrogens is 1. The molecule has 0 aliphatic carbocycles. The zero-order valence-corrected chi connectivity index (χ0v) is 16.3. The molecule has 1 fully saturated rings. The lowest BCUT2D eigenvalue weighted by Crippen LogP contribution is -2.44. The van der Waals surface area contributed by atoms with Crippen LogP contribution < -0.4 is 10.2 Å². The summed E-state index contributed by atoms with van der Waals surface area (Å²) in [4.78, 5) is 22.9. The minimum Gasteiger partial charge on any atom is -0.376 e. The fourth-order valence-electron chi connectivity index (χ4n) is 3.14. The zero-order valence-electron chi connectivity index (χ0n) is 16.3. The van der Waals surface area contributed by atoms with Gasteiger partial charge in [-0.15, -0.1) is 0 Å². The van der Waals surface area contributed by atoms with Crippen molar-refractivity contribution in [3.63, 3.8) is 0 Å². The van der Waals surface area contributed by atoms with Crippen molar-refractivity contribution in [1.29, 1.82) is 0 Å². The van der Waals surface area contributed by atoms with Gasteiger partial charge in [-0.3, -0.25) is 9.78 Å². The van der Waals surface area contributed by atoms with Gasteiger partial charge >= 0.3 is 0 Å². The smallest absolute Gasteiger partial charge is 0.241 e. The van der Waals surface area contributed by atoms with Crippen molar-refractivity contribution >= 4 is 17.3 Å². The average molecular weight is 367 g/mol. The standard InChI is InChI=1S/C21H29N5O/c1-24-13-15-26(16-14-24)20-5-3-19(4-6-20)23-17-21(27)25(2)12-9-18-7-10-22-11-8-18/h3-8,10-11,23H,9,12-17H2,1-2H3. The lowest BCUT2D eigenvalue weighted by atomic mass is 10.2. The highest BCUT2D eigenvalue weighted by Crippen LogP contribution is 2.19. The third-order valence-electron chi connectivity index (χ3n) is 5.09. The topological polar surface area (TPSA) is 51.7 Å². The van der Waals surface area contributed by atoms with Crippen molar-refractivity contribution in [2.24, 2.45) is 0 Å². The molecule has 2 heterocycles. The molecular weight excluding hydrogens is 338 g/mol. The lowest BCUT2D eigenvalue weighted by Gasteiger charge is -2.34. The number of rotatable bonds is 7. The molecule has 1 aliphatic heterocycles. The molecule has 1 N–H and O–H groups in total. The summed E-state index contributed by atoms with van der Waals surface area (Å²) >= 11 is 0. The summed E-state index contributed by atoms with van der Waals surface area (Å²) in [5, 5.41) is 3.23. The first-order valence-electron chi connectivity index (χ1n) is 9.52. The van der Waals surface area contributed by atoms with Crippen molar-refractivity contribution in [2.75, 3.05) is 63.6 Å². The molecule has 0 saturated carbocycles. The van der Waals surface area contributed by atoms with E-state index in [0.29, 0.717) is 13.1 Å². The van der Waals surface area contributed by atoms with Crippen LogP contribution in [-0.4, -0.2) is 74.1 Å². The highest BCUT2D eigenvalue weighted by Gasteiger charge is 2.14. The number of carbonyl (C=O) groups excluding carboxylic acids is 1. The molecule has 2 aromatic rings.